The topological polar surface area (TPSA) is 55.0 Å². The molecule has 0 radical (unpaired) electrons. The molecule has 4 rings (SSSR count). The van der Waals surface area contributed by atoms with Crippen LogP contribution in [0.4, 0.5) is 5.69 Å². The molecule has 2 aliphatic rings. The minimum Gasteiger partial charge on any atom is -0.371 e. The first-order chi connectivity index (χ1) is 9.76. The van der Waals surface area contributed by atoms with Crippen LogP contribution in [0.25, 0.3) is 10.9 Å². The van der Waals surface area contributed by atoms with E-state index in [4.69, 9.17) is 5.73 Å². The Bertz CT molecular complexity index is 618. The molecule has 1 spiro atoms. The molecule has 1 saturated carbocycles. The third-order valence-corrected chi connectivity index (χ3v) is 5.08. The van der Waals surface area contributed by atoms with Crippen molar-refractivity contribution < 1.29 is 0 Å². The molecule has 104 valence electrons. The first-order valence-electron chi connectivity index (χ1n) is 7.45. The van der Waals surface area contributed by atoms with Crippen LogP contribution in [0.3, 0.4) is 0 Å². The molecule has 0 bridgehead atoms. The van der Waals surface area contributed by atoms with Crippen molar-refractivity contribution >= 4 is 16.6 Å². The first-order valence-corrected chi connectivity index (χ1v) is 7.45. The molecule has 0 unspecified atom stereocenters. The highest BCUT2D eigenvalue weighted by molar-refractivity contribution is 5.90. The van der Waals surface area contributed by atoms with Gasteiger partial charge in [-0.2, -0.15) is 0 Å². The van der Waals surface area contributed by atoms with Crippen LogP contribution in [0, 0.1) is 5.41 Å². The third-order valence-electron chi connectivity index (χ3n) is 5.08. The number of hydrogen-bond donors (Lipinski definition) is 1. The summed E-state index contributed by atoms with van der Waals surface area (Å²) in [6, 6.07) is 4.55. The van der Waals surface area contributed by atoms with Crippen LogP contribution in [0.1, 0.15) is 25.7 Å². The summed E-state index contributed by atoms with van der Waals surface area (Å²) in [5, 5.41) is 1.16. The molecule has 3 heterocycles. The zero-order valence-corrected chi connectivity index (χ0v) is 11.6. The van der Waals surface area contributed by atoms with Crippen molar-refractivity contribution in [3.63, 3.8) is 0 Å². The van der Waals surface area contributed by atoms with Crippen molar-refractivity contribution in [2.45, 2.75) is 31.7 Å². The van der Waals surface area contributed by atoms with Crippen LogP contribution in [0.5, 0.6) is 0 Å². The summed E-state index contributed by atoms with van der Waals surface area (Å²) in [5.41, 5.74) is 8.84. The number of pyridine rings is 2. The van der Waals surface area contributed by atoms with Gasteiger partial charge in [-0.05, 0) is 43.2 Å². The van der Waals surface area contributed by atoms with Gasteiger partial charge >= 0.3 is 0 Å². The van der Waals surface area contributed by atoms with E-state index < -0.39 is 0 Å². The van der Waals surface area contributed by atoms with E-state index in [0.717, 1.165) is 24.0 Å². The fraction of sp³-hybridized carbons (Fsp3) is 0.500. The monoisotopic (exact) mass is 268 g/mol. The van der Waals surface area contributed by atoms with E-state index in [1.54, 1.807) is 6.20 Å². The van der Waals surface area contributed by atoms with Crippen LogP contribution in [-0.2, 0) is 0 Å². The molecule has 0 atom stereocenters. The summed E-state index contributed by atoms with van der Waals surface area (Å²) in [6.45, 7) is 2.25. The van der Waals surface area contributed by atoms with Crippen molar-refractivity contribution in [2.75, 3.05) is 18.0 Å². The number of rotatable bonds is 1. The Morgan fingerprint density at radius 1 is 1.15 bits per heavy atom. The lowest BCUT2D eigenvalue weighted by Crippen LogP contribution is -2.52. The Labute approximate surface area is 119 Å². The SMILES string of the molecule is NC1CC2(CCN(c3ccnc4ccncc34)CC2)C1. The van der Waals surface area contributed by atoms with Gasteiger partial charge in [-0.1, -0.05) is 0 Å². The van der Waals surface area contributed by atoms with Gasteiger partial charge in [0.05, 0.1) is 5.52 Å². The van der Waals surface area contributed by atoms with Gasteiger partial charge in [0.15, 0.2) is 0 Å². The van der Waals surface area contributed by atoms with Crippen LogP contribution in [-0.4, -0.2) is 29.1 Å². The van der Waals surface area contributed by atoms with E-state index in [2.05, 4.69) is 20.9 Å². The van der Waals surface area contributed by atoms with Crippen LogP contribution in [0.15, 0.2) is 30.7 Å². The second kappa shape index (κ2) is 4.42. The number of fused-ring (bicyclic) bond motifs is 1. The highest BCUT2D eigenvalue weighted by Gasteiger charge is 2.44. The van der Waals surface area contributed by atoms with Gasteiger partial charge in [-0.3, -0.25) is 9.97 Å². The molecule has 0 amide bonds. The van der Waals surface area contributed by atoms with Crippen molar-refractivity contribution in [1.82, 2.24) is 9.97 Å². The van der Waals surface area contributed by atoms with Gasteiger partial charge in [0.25, 0.3) is 0 Å². The van der Waals surface area contributed by atoms with Gasteiger partial charge in [0, 0.05) is 48.8 Å². The molecule has 2 aromatic heterocycles. The van der Waals surface area contributed by atoms with Crippen LogP contribution >= 0.6 is 0 Å². The zero-order chi connectivity index (χ0) is 13.6. The molecule has 0 aromatic carbocycles. The van der Waals surface area contributed by atoms with E-state index in [1.807, 2.05) is 18.5 Å². The Balaban J connectivity index is 1.59. The van der Waals surface area contributed by atoms with Crippen molar-refractivity contribution in [1.29, 1.82) is 0 Å². The van der Waals surface area contributed by atoms with E-state index in [9.17, 15) is 0 Å². The summed E-state index contributed by atoms with van der Waals surface area (Å²) >= 11 is 0. The van der Waals surface area contributed by atoms with Crippen molar-refractivity contribution in [3.05, 3.63) is 30.7 Å². The summed E-state index contributed by atoms with van der Waals surface area (Å²) < 4.78 is 0. The molecule has 20 heavy (non-hydrogen) atoms. The van der Waals surface area contributed by atoms with Gasteiger partial charge in [0.1, 0.15) is 0 Å². The summed E-state index contributed by atoms with van der Waals surface area (Å²) in [7, 11) is 0. The molecule has 2 N–H and O–H groups in total. The summed E-state index contributed by atoms with van der Waals surface area (Å²) in [4.78, 5) is 11.2. The van der Waals surface area contributed by atoms with Gasteiger partial charge in [-0.15, -0.1) is 0 Å². The van der Waals surface area contributed by atoms with E-state index in [0.29, 0.717) is 11.5 Å². The molecule has 1 aliphatic heterocycles. The number of hydrogen-bond acceptors (Lipinski definition) is 4. The van der Waals surface area contributed by atoms with Gasteiger partial charge < -0.3 is 10.6 Å². The Morgan fingerprint density at radius 2 is 1.95 bits per heavy atom. The number of nitrogens with zero attached hydrogens (tertiary/aromatic N) is 3. The number of anilines is 1. The smallest absolute Gasteiger partial charge is 0.0753 e. The molecule has 2 fully saturated rings. The standard InChI is InChI=1S/C16H20N4/c17-12-9-16(10-12)3-7-20(8-4-16)15-2-6-19-14-1-5-18-11-13(14)15/h1-2,5-6,11-12H,3-4,7-10,17H2. The van der Waals surface area contributed by atoms with E-state index in [1.165, 1.54) is 31.4 Å². The average molecular weight is 268 g/mol. The minimum absolute atomic E-state index is 0.451. The molecule has 4 nitrogen and oxygen atoms in total. The number of piperidine rings is 1. The maximum absolute atomic E-state index is 5.97. The fourth-order valence-corrected chi connectivity index (χ4v) is 3.93. The highest BCUT2D eigenvalue weighted by Crippen LogP contribution is 2.48. The molecule has 1 saturated heterocycles. The lowest BCUT2D eigenvalue weighted by Gasteiger charge is -2.51. The molecule has 4 heteroatoms. The maximum atomic E-state index is 5.97. The largest absolute Gasteiger partial charge is 0.371 e. The molecular formula is C16H20N4. The molecule has 2 aromatic rings. The average Bonchev–Trinajstić information content (AvgIpc) is 2.46. The van der Waals surface area contributed by atoms with Gasteiger partial charge in [0.2, 0.25) is 0 Å². The minimum atomic E-state index is 0.451. The lowest BCUT2D eigenvalue weighted by atomic mass is 9.60. The summed E-state index contributed by atoms with van der Waals surface area (Å²) in [6.07, 6.45) is 10.6. The third kappa shape index (κ3) is 1.86. The highest BCUT2D eigenvalue weighted by atomic mass is 15.1. The quantitative estimate of drug-likeness (QED) is 0.862. The Morgan fingerprint density at radius 3 is 2.70 bits per heavy atom. The number of nitrogens with two attached hydrogens (primary N) is 1. The summed E-state index contributed by atoms with van der Waals surface area (Å²) in [5.74, 6) is 0. The Kier molecular flexibility index (Phi) is 2.67. The zero-order valence-electron chi connectivity index (χ0n) is 11.6. The normalized spacial score (nSPS) is 22.1. The van der Waals surface area contributed by atoms with E-state index in [-0.39, 0.29) is 0 Å². The van der Waals surface area contributed by atoms with Crippen LogP contribution < -0.4 is 10.6 Å². The number of aromatic nitrogens is 2. The van der Waals surface area contributed by atoms with Crippen molar-refractivity contribution in [2.24, 2.45) is 11.1 Å². The predicted molar refractivity (Wildman–Crippen MR) is 80.6 cm³/mol. The fourth-order valence-electron chi connectivity index (χ4n) is 3.93. The van der Waals surface area contributed by atoms with Gasteiger partial charge in [-0.25, -0.2) is 0 Å². The Hall–Kier alpha value is -1.68. The second-order valence-corrected chi connectivity index (χ2v) is 6.38. The van der Waals surface area contributed by atoms with Crippen molar-refractivity contribution in [3.8, 4) is 0 Å². The lowest BCUT2D eigenvalue weighted by molar-refractivity contribution is 0.0714. The maximum Gasteiger partial charge on any atom is 0.0753 e. The van der Waals surface area contributed by atoms with Crippen LogP contribution in [0.2, 0.25) is 0 Å². The predicted octanol–water partition coefficient (Wildman–Crippen LogP) is 2.34. The second-order valence-electron chi connectivity index (χ2n) is 6.38. The van der Waals surface area contributed by atoms with E-state index >= 15 is 0 Å². The first kappa shape index (κ1) is 12.1. The molecule has 1 aliphatic carbocycles. The molecular weight excluding hydrogens is 248 g/mol.